The lowest BCUT2D eigenvalue weighted by Gasteiger charge is -1.96. The molecule has 0 saturated heterocycles. The van der Waals surface area contributed by atoms with Crippen molar-refractivity contribution in [3.05, 3.63) is 24.8 Å². The average Bonchev–Trinajstić information content (AvgIpc) is 2.65. The molecule has 0 fully saturated rings. The van der Waals surface area contributed by atoms with E-state index in [1.807, 2.05) is 12.3 Å². The summed E-state index contributed by atoms with van der Waals surface area (Å²) in [5, 5.41) is 2.97. The molecule has 0 unspecified atom stereocenters. The fourth-order valence-corrected chi connectivity index (χ4v) is 1.06. The van der Waals surface area contributed by atoms with Gasteiger partial charge < -0.3 is 10.3 Å². The minimum absolute atomic E-state index is 0.564. The lowest BCUT2D eigenvalue weighted by Crippen LogP contribution is -1.94. The maximum atomic E-state index is 4.19. The Kier molecular flexibility index (Phi) is 2.40. The summed E-state index contributed by atoms with van der Waals surface area (Å²) in [6, 6.07) is 0. The normalized spacial score (nSPS) is 11.2. The molecule has 0 aliphatic carbocycles. The van der Waals surface area contributed by atoms with Gasteiger partial charge >= 0.3 is 0 Å². The van der Waals surface area contributed by atoms with E-state index in [0.717, 1.165) is 11.9 Å². The summed E-state index contributed by atoms with van der Waals surface area (Å²) in [5.74, 6) is 0.564. The summed E-state index contributed by atoms with van der Waals surface area (Å²) in [6.45, 7) is 2.07. The molecule has 0 aliphatic heterocycles. The molecule has 0 bridgehead atoms. The van der Waals surface area contributed by atoms with Crippen LogP contribution in [0.1, 0.15) is 13.3 Å². The molecule has 0 atom stereocenters. The van der Waals surface area contributed by atoms with Gasteiger partial charge in [0.2, 0.25) is 5.95 Å². The van der Waals surface area contributed by atoms with Crippen molar-refractivity contribution < 1.29 is 0 Å². The van der Waals surface area contributed by atoms with Crippen LogP contribution in [-0.4, -0.2) is 19.9 Å². The molecule has 5 heteroatoms. The second-order valence-corrected chi connectivity index (χ2v) is 2.79. The van der Waals surface area contributed by atoms with Gasteiger partial charge in [-0.25, -0.2) is 9.97 Å². The first-order valence-electron chi connectivity index (χ1n) is 4.48. The predicted octanol–water partition coefficient (Wildman–Crippen LogP) is 1.69. The number of hydrogen-bond acceptors (Lipinski definition) is 4. The number of aromatic amines is 1. The van der Waals surface area contributed by atoms with E-state index in [4.69, 9.17) is 0 Å². The van der Waals surface area contributed by atoms with Crippen molar-refractivity contribution in [3.8, 4) is 0 Å². The van der Waals surface area contributed by atoms with Crippen molar-refractivity contribution in [2.24, 2.45) is 0 Å². The standard InChI is InChI=1S/C9H11N5/c1-2-3-4-10-9-11-5-7-8(14-9)13-6-12-7/h3-6H,2H2,1H3,(H2,10,11,12,13,14)/b4-3+. The summed E-state index contributed by atoms with van der Waals surface area (Å²) in [7, 11) is 0. The Morgan fingerprint density at radius 2 is 2.43 bits per heavy atom. The van der Waals surface area contributed by atoms with E-state index < -0.39 is 0 Å². The number of fused-ring (bicyclic) bond motifs is 1. The van der Waals surface area contributed by atoms with Gasteiger partial charge in [-0.3, -0.25) is 0 Å². The van der Waals surface area contributed by atoms with E-state index in [1.54, 1.807) is 12.5 Å². The van der Waals surface area contributed by atoms with Crippen molar-refractivity contribution >= 4 is 17.1 Å². The predicted molar refractivity (Wildman–Crippen MR) is 54.7 cm³/mol. The molecule has 2 rings (SSSR count). The minimum atomic E-state index is 0.564. The molecule has 0 aliphatic rings. The number of hydrogen-bond donors (Lipinski definition) is 2. The Bertz CT molecular complexity index is 445. The van der Waals surface area contributed by atoms with Gasteiger partial charge in [0.25, 0.3) is 0 Å². The van der Waals surface area contributed by atoms with Crippen molar-refractivity contribution in [1.29, 1.82) is 0 Å². The second kappa shape index (κ2) is 3.87. The molecule has 5 nitrogen and oxygen atoms in total. The van der Waals surface area contributed by atoms with Crippen molar-refractivity contribution in [2.75, 3.05) is 5.32 Å². The van der Waals surface area contributed by atoms with Crippen molar-refractivity contribution in [1.82, 2.24) is 19.9 Å². The summed E-state index contributed by atoms with van der Waals surface area (Å²) < 4.78 is 0. The van der Waals surface area contributed by atoms with E-state index in [9.17, 15) is 0 Å². The summed E-state index contributed by atoms with van der Waals surface area (Å²) in [5.41, 5.74) is 1.52. The Balaban J connectivity index is 2.21. The average molecular weight is 189 g/mol. The summed E-state index contributed by atoms with van der Waals surface area (Å²) >= 11 is 0. The third-order valence-corrected chi connectivity index (χ3v) is 1.74. The van der Waals surface area contributed by atoms with Crippen molar-refractivity contribution in [2.45, 2.75) is 13.3 Å². The molecule has 0 radical (unpaired) electrons. The van der Waals surface area contributed by atoms with Gasteiger partial charge in [0.15, 0.2) is 5.65 Å². The highest BCUT2D eigenvalue weighted by Crippen LogP contribution is 2.06. The van der Waals surface area contributed by atoms with Crippen LogP contribution in [0.25, 0.3) is 11.2 Å². The van der Waals surface area contributed by atoms with Crippen molar-refractivity contribution in [3.63, 3.8) is 0 Å². The van der Waals surface area contributed by atoms with Crippen LogP contribution in [0.5, 0.6) is 0 Å². The number of anilines is 1. The first-order chi connectivity index (χ1) is 6.90. The number of nitrogens with zero attached hydrogens (tertiary/aromatic N) is 3. The molecule has 0 aromatic carbocycles. The van der Waals surface area contributed by atoms with Crippen LogP contribution in [0, 0.1) is 0 Å². The van der Waals surface area contributed by atoms with Gasteiger partial charge in [-0.1, -0.05) is 13.0 Å². The number of allylic oxidation sites excluding steroid dienone is 1. The van der Waals surface area contributed by atoms with Crippen LogP contribution in [0.15, 0.2) is 24.8 Å². The molecule has 0 amide bonds. The number of rotatable bonds is 3. The summed E-state index contributed by atoms with van der Waals surface area (Å²) in [6.07, 6.45) is 8.12. The van der Waals surface area contributed by atoms with Gasteiger partial charge in [-0.2, -0.15) is 4.98 Å². The first-order valence-corrected chi connectivity index (χ1v) is 4.48. The fraction of sp³-hybridized carbons (Fsp3) is 0.222. The topological polar surface area (TPSA) is 66.5 Å². The molecule has 0 spiro atoms. The van der Waals surface area contributed by atoms with Gasteiger partial charge in [0.1, 0.15) is 5.52 Å². The van der Waals surface area contributed by atoms with Crippen LogP contribution in [0.2, 0.25) is 0 Å². The molecule has 2 heterocycles. The van der Waals surface area contributed by atoms with E-state index in [-0.39, 0.29) is 0 Å². The monoisotopic (exact) mass is 189 g/mol. The lowest BCUT2D eigenvalue weighted by molar-refractivity contribution is 1.17. The SMILES string of the molecule is CC/C=C/Nc1ncc2[nH]cnc2n1. The molecule has 2 aromatic rings. The number of nitrogens with one attached hydrogen (secondary N) is 2. The molecular weight excluding hydrogens is 178 g/mol. The smallest absolute Gasteiger partial charge is 0.228 e. The van der Waals surface area contributed by atoms with Crippen LogP contribution in [0.3, 0.4) is 0 Å². The lowest BCUT2D eigenvalue weighted by atomic mass is 10.5. The van der Waals surface area contributed by atoms with Crippen LogP contribution >= 0.6 is 0 Å². The largest absolute Gasteiger partial charge is 0.342 e. The van der Waals surface area contributed by atoms with E-state index in [2.05, 4.69) is 32.2 Å². The number of imidazole rings is 1. The zero-order valence-corrected chi connectivity index (χ0v) is 7.86. The van der Waals surface area contributed by atoms with Gasteiger partial charge in [0, 0.05) is 0 Å². The molecule has 14 heavy (non-hydrogen) atoms. The Hall–Kier alpha value is -1.91. The zero-order valence-electron chi connectivity index (χ0n) is 7.86. The Morgan fingerprint density at radius 3 is 3.29 bits per heavy atom. The highest BCUT2D eigenvalue weighted by atomic mass is 15.1. The Morgan fingerprint density at radius 1 is 1.50 bits per heavy atom. The minimum Gasteiger partial charge on any atom is -0.342 e. The maximum Gasteiger partial charge on any atom is 0.228 e. The fourth-order valence-electron chi connectivity index (χ4n) is 1.06. The third kappa shape index (κ3) is 1.71. The van der Waals surface area contributed by atoms with E-state index in [0.29, 0.717) is 11.6 Å². The first kappa shape index (κ1) is 8.68. The highest BCUT2D eigenvalue weighted by molar-refractivity contribution is 5.69. The van der Waals surface area contributed by atoms with Crippen LogP contribution in [-0.2, 0) is 0 Å². The van der Waals surface area contributed by atoms with E-state index in [1.165, 1.54) is 0 Å². The van der Waals surface area contributed by atoms with Gasteiger partial charge in [-0.05, 0) is 12.6 Å². The van der Waals surface area contributed by atoms with Gasteiger partial charge in [-0.15, -0.1) is 0 Å². The molecule has 72 valence electrons. The van der Waals surface area contributed by atoms with E-state index >= 15 is 0 Å². The van der Waals surface area contributed by atoms with Crippen LogP contribution < -0.4 is 5.32 Å². The maximum absolute atomic E-state index is 4.19. The van der Waals surface area contributed by atoms with Gasteiger partial charge in [0.05, 0.1) is 12.5 Å². The summed E-state index contributed by atoms with van der Waals surface area (Å²) in [4.78, 5) is 15.3. The zero-order chi connectivity index (χ0) is 9.80. The quantitative estimate of drug-likeness (QED) is 0.771. The molecule has 2 N–H and O–H groups in total. The highest BCUT2D eigenvalue weighted by Gasteiger charge is 1.98. The molecule has 0 saturated carbocycles. The Labute approximate surface area is 81.3 Å². The van der Waals surface area contributed by atoms with Crippen LogP contribution in [0.4, 0.5) is 5.95 Å². The second-order valence-electron chi connectivity index (χ2n) is 2.79. The number of aromatic nitrogens is 4. The molecular formula is C9H11N5. The number of H-pyrrole nitrogens is 1. The third-order valence-electron chi connectivity index (χ3n) is 1.74. The molecule has 2 aromatic heterocycles.